The van der Waals surface area contributed by atoms with Gasteiger partial charge in [-0.2, -0.15) is 0 Å². The second kappa shape index (κ2) is 6.12. The van der Waals surface area contributed by atoms with Gasteiger partial charge in [0, 0.05) is 0 Å². The van der Waals surface area contributed by atoms with E-state index in [-0.39, 0.29) is 12.4 Å². The Kier molecular flexibility index (Phi) is 4.22. The average molecular weight is 365 g/mol. The standard InChI is InChI=1S/C16H13BrO3S/c17-15-7-6-14(21-15)13(18)9-20-16(19)12-5-4-10-2-1-3-11(10)8-12/h4-8H,1-3,9H2. The molecule has 0 unspecified atom stereocenters. The molecule has 0 fully saturated rings. The van der Waals surface area contributed by atoms with Gasteiger partial charge in [0.15, 0.2) is 6.61 Å². The van der Waals surface area contributed by atoms with E-state index in [0.29, 0.717) is 10.4 Å². The molecule has 108 valence electrons. The van der Waals surface area contributed by atoms with Gasteiger partial charge in [-0.3, -0.25) is 4.79 Å². The van der Waals surface area contributed by atoms with Gasteiger partial charge in [-0.25, -0.2) is 4.79 Å². The number of hydrogen-bond donors (Lipinski definition) is 0. The summed E-state index contributed by atoms with van der Waals surface area (Å²) in [6.45, 7) is -0.219. The molecule has 3 rings (SSSR count). The average Bonchev–Trinajstić information content (AvgIpc) is 3.12. The van der Waals surface area contributed by atoms with Crippen molar-refractivity contribution in [3.63, 3.8) is 0 Å². The zero-order valence-electron chi connectivity index (χ0n) is 11.2. The van der Waals surface area contributed by atoms with Crippen molar-refractivity contribution in [2.24, 2.45) is 0 Å². The number of ketones is 1. The van der Waals surface area contributed by atoms with Crippen LogP contribution in [0.1, 0.15) is 37.6 Å². The minimum atomic E-state index is -0.436. The smallest absolute Gasteiger partial charge is 0.338 e. The van der Waals surface area contributed by atoms with Crippen LogP contribution in [0.2, 0.25) is 0 Å². The minimum Gasteiger partial charge on any atom is -0.454 e. The maximum Gasteiger partial charge on any atom is 0.338 e. The fraction of sp³-hybridized carbons (Fsp3) is 0.250. The molecule has 1 aromatic heterocycles. The van der Waals surface area contributed by atoms with Crippen LogP contribution < -0.4 is 0 Å². The van der Waals surface area contributed by atoms with Crippen LogP contribution >= 0.6 is 27.3 Å². The largest absolute Gasteiger partial charge is 0.454 e. The topological polar surface area (TPSA) is 43.4 Å². The number of benzene rings is 1. The third kappa shape index (κ3) is 3.24. The third-order valence-electron chi connectivity index (χ3n) is 3.52. The first kappa shape index (κ1) is 14.5. The van der Waals surface area contributed by atoms with Crippen molar-refractivity contribution in [3.05, 3.63) is 55.7 Å². The molecule has 5 heteroatoms. The molecular weight excluding hydrogens is 352 g/mol. The van der Waals surface area contributed by atoms with Crippen LogP contribution in [0.15, 0.2) is 34.1 Å². The van der Waals surface area contributed by atoms with Crippen molar-refractivity contribution in [2.75, 3.05) is 6.61 Å². The van der Waals surface area contributed by atoms with Crippen LogP contribution in [0, 0.1) is 0 Å². The molecule has 0 radical (unpaired) electrons. The number of hydrogen-bond acceptors (Lipinski definition) is 4. The van der Waals surface area contributed by atoms with Crippen LogP contribution in [0.25, 0.3) is 0 Å². The molecule has 0 amide bonds. The number of aryl methyl sites for hydroxylation is 2. The van der Waals surface area contributed by atoms with Crippen molar-refractivity contribution in [3.8, 4) is 0 Å². The van der Waals surface area contributed by atoms with E-state index >= 15 is 0 Å². The van der Waals surface area contributed by atoms with E-state index in [4.69, 9.17) is 4.74 Å². The van der Waals surface area contributed by atoms with Gasteiger partial charge in [-0.05, 0) is 70.6 Å². The molecule has 0 atom stereocenters. The Labute approximate surface area is 135 Å². The lowest BCUT2D eigenvalue weighted by molar-refractivity contribution is 0.0475. The lowest BCUT2D eigenvalue weighted by Crippen LogP contribution is -2.13. The van der Waals surface area contributed by atoms with Crippen LogP contribution in [-0.4, -0.2) is 18.4 Å². The van der Waals surface area contributed by atoms with Gasteiger partial charge in [0.25, 0.3) is 0 Å². The minimum absolute atomic E-state index is 0.180. The summed E-state index contributed by atoms with van der Waals surface area (Å²) in [5, 5.41) is 0. The van der Waals surface area contributed by atoms with Crippen LogP contribution in [-0.2, 0) is 17.6 Å². The molecule has 0 N–H and O–H groups in total. The number of Topliss-reactive ketones (excluding diaryl/α,β-unsaturated/α-hetero) is 1. The molecule has 21 heavy (non-hydrogen) atoms. The van der Waals surface area contributed by atoms with Crippen LogP contribution in [0.4, 0.5) is 0 Å². The second-order valence-electron chi connectivity index (χ2n) is 4.94. The Morgan fingerprint density at radius 3 is 2.71 bits per heavy atom. The van der Waals surface area contributed by atoms with Crippen molar-refractivity contribution in [1.82, 2.24) is 0 Å². The third-order valence-corrected chi connectivity index (χ3v) is 5.18. The number of halogens is 1. The number of thiophene rings is 1. The molecule has 0 aliphatic heterocycles. The summed E-state index contributed by atoms with van der Waals surface area (Å²) < 4.78 is 6.00. The molecule has 0 saturated heterocycles. The molecule has 0 bridgehead atoms. The number of rotatable bonds is 4. The Balaban J connectivity index is 1.63. The monoisotopic (exact) mass is 364 g/mol. The Morgan fingerprint density at radius 1 is 1.14 bits per heavy atom. The van der Waals surface area contributed by atoms with E-state index in [9.17, 15) is 9.59 Å². The lowest BCUT2D eigenvalue weighted by Gasteiger charge is -2.05. The Hall–Kier alpha value is -1.46. The summed E-state index contributed by atoms with van der Waals surface area (Å²) in [4.78, 5) is 24.5. The van der Waals surface area contributed by atoms with Crippen LogP contribution in [0.5, 0.6) is 0 Å². The van der Waals surface area contributed by atoms with Gasteiger partial charge in [-0.15, -0.1) is 11.3 Å². The quantitative estimate of drug-likeness (QED) is 0.607. The van der Waals surface area contributed by atoms with Gasteiger partial charge >= 0.3 is 5.97 Å². The number of carbonyl (C=O) groups excluding carboxylic acids is 2. The first-order valence-electron chi connectivity index (χ1n) is 6.71. The van der Waals surface area contributed by atoms with Gasteiger partial charge < -0.3 is 4.74 Å². The first-order valence-corrected chi connectivity index (χ1v) is 8.32. The highest BCUT2D eigenvalue weighted by Gasteiger charge is 2.16. The fourth-order valence-corrected chi connectivity index (χ4v) is 3.76. The molecule has 1 aliphatic carbocycles. The van der Waals surface area contributed by atoms with Crippen LogP contribution in [0.3, 0.4) is 0 Å². The van der Waals surface area contributed by atoms with E-state index in [1.165, 1.54) is 22.5 Å². The van der Waals surface area contributed by atoms with Gasteiger partial charge in [0.1, 0.15) is 0 Å². The van der Waals surface area contributed by atoms with Gasteiger partial charge in [0.2, 0.25) is 5.78 Å². The van der Waals surface area contributed by atoms with E-state index < -0.39 is 5.97 Å². The van der Waals surface area contributed by atoms with E-state index in [2.05, 4.69) is 15.9 Å². The molecule has 2 aromatic rings. The summed E-state index contributed by atoms with van der Waals surface area (Å²) in [5.41, 5.74) is 3.06. The zero-order valence-corrected chi connectivity index (χ0v) is 13.6. The normalized spacial score (nSPS) is 13.0. The number of fused-ring (bicyclic) bond motifs is 1. The molecule has 3 nitrogen and oxygen atoms in total. The van der Waals surface area contributed by atoms with Gasteiger partial charge in [0.05, 0.1) is 14.2 Å². The van der Waals surface area contributed by atoms with E-state index in [1.54, 1.807) is 18.2 Å². The Morgan fingerprint density at radius 2 is 1.95 bits per heavy atom. The molecular formula is C16H13BrO3S. The SMILES string of the molecule is O=C(OCC(=O)c1ccc(Br)s1)c1ccc2c(c1)CCC2. The summed E-state index contributed by atoms with van der Waals surface area (Å²) in [6.07, 6.45) is 3.23. The molecule has 1 heterocycles. The zero-order chi connectivity index (χ0) is 14.8. The van der Waals surface area contributed by atoms with Gasteiger partial charge in [-0.1, -0.05) is 6.07 Å². The highest BCUT2D eigenvalue weighted by Crippen LogP contribution is 2.24. The highest BCUT2D eigenvalue weighted by molar-refractivity contribution is 9.11. The number of ether oxygens (including phenoxy) is 1. The summed E-state index contributed by atoms with van der Waals surface area (Å²) >= 11 is 4.64. The Bertz CT molecular complexity index is 705. The molecule has 1 aliphatic rings. The predicted octanol–water partition coefficient (Wildman–Crippen LogP) is 4.04. The van der Waals surface area contributed by atoms with Crippen molar-refractivity contribution >= 4 is 39.0 Å². The molecule has 0 spiro atoms. The van der Waals surface area contributed by atoms with E-state index in [1.807, 2.05) is 12.1 Å². The number of esters is 1. The summed E-state index contributed by atoms with van der Waals surface area (Å²) in [6, 6.07) is 9.17. The summed E-state index contributed by atoms with van der Waals surface area (Å²) in [5.74, 6) is -0.617. The molecule has 0 saturated carbocycles. The first-order chi connectivity index (χ1) is 10.1. The fourth-order valence-electron chi connectivity index (χ4n) is 2.45. The molecule has 1 aromatic carbocycles. The summed E-state index contributed by atoms with van der Waals surface area (Å²) in [7, 11) is 0. The second-order valence-corrected chi connectivity index (χ2v) is 7.40. The van der Waals surface area contributed by atoms with Crippen molar-refractivity contribution < 1.29 is 14.3 Å². The maximum atomic E-state index is 12.0. The predicted molar refractivity (Wildman–Crippen MR) is 85.1 cm³/mol. The van der Waals surface area contributed by atoms with Crippen molar-refractivity contribution in [1.29, 1.82) is 0 Å². The maximum absolute atomic E-state index is 12.0. The highest BCUT2D eigenvalue weighted by atomic mass is 79.9. The number of carbonyl (C=O) groups is 2. The van der Waals surface area contributed by atoms with E-state index in [0.717, 1.165) is 23.0 Å². The van der Waals surface area contributed by atoms with Crippen molar-refractivity contribution in [2.45, 2.75) is 19.3 Å². The lowest BCUT2D eigenvalue weighted by atomic mass is 10.1.